The topological polar surface area (TPSA) is 89.9 Å². The van der Waals surface area contributed by atoms with E-state index in [1.165, 1.54) is 6.92 Å². The molecule has 0 aromatic heterocycles. The molecule has 0 aromatic carbocycles. The quantitative estimate of drug-likeness (QED) is 0.374. The van der Waals surface area contributed by atoms with Crippen molar-refractivity contribution in [2.24, 2.45) is 0 Å². The van der Waals surface area contributed by atoms with Crippen molar-refractivity contribution in [1.29, 1.82) is 0 Å². The molecule has 0 aliphatic carbocycles. The highest BCUT2D eigenvalue weighted by atomic mass is 32.2. The van der Waals surface area contributed by atoms with Crippen LogP contribution in [0.3, 0.4) is 0 Å². The van der Waals surface area contributed by atoms with E-state index in [9.17, 15) is 18.3 Å². The summed E-state index contributed by atoms with van der Waals surface area (Å²) in [5, 5.41) is 9.17. The van der Waals surface area contributed by atoms with E-state index >= 15 is 0 Å². The van der Waals surface area contributed by atoms with E-state index in [0.29, 0.717) is 0 Å². The summed E-state index contributed by atoms with van der Waals surface area (Å²) in [6.07, 6.45) is 0.723. The van der Waals surface area contributed by atoms with Crippen LogP contribution in [0.2, 0.25) is 0 Å². The first-order valence-corrected chi connectivity index (χ1v) is 5.31. The van der Waals surface area contributed by atoms with Crippen LogP contribution in [0.25, 0.3) is 0 Å². The van der Waals surface area contributed by atoms with Crippen LogP contribution >= 0.6 is 0 Å². The molecule has 0 rings (SSSR count). The fraction of sp³-hybridized carbons (Fsp3) is 0.833. The second-order valence-corrected chi connectivity index (χ2v) is 4.07. The number of hydrogen-bond donors (Lipinski definition) is 1. The first-order chi connectivity index (χ1) is 5.69. The van der Waals surface area contributed by atoms with Crippen LogP contribution in [0.4, 0.5) is 0 Å². The molecule has 13 heavy (non-hydrogen) atoms. The van der Waals surface area contributed by atoms with Crippen LogP contribution in [0.5, 0.6) is 0 Å². The van der Waals surface area contributed by atoms with E-state index in [0.717, 1.165) is 13.2 Å². The van der Waals surface area contributed by atoms with Gasteiger partial charge in [-0.25, -0.2) is 8.98 Å². The van der Waals surface area contributed by atoms with Gasteiger partial charge in [-0.2, -0.15) is 8.42 Å². The molecular formula is C6H12O6S. The van der Waals surface area contributed by atoms with Gasteiger partial charge in [-0.05, 0) is 6.92 Å². The summed E-state index contributed by atoms with van der Waals surface area (Å²) in [7, 11) is -3.90. The lowest BCUT2D eigenvalue weighted by atomic mass is 10.3. The molecule has 0 aromatic rings. The first kappa shape index (κ1) is 12.3. The van der Waals surface area contributed by atoms with Gasteiger partial charge in [0.15, 0.2) is 0 Å². The molecule has 1 N–H and O–H groups in total. The molecule has 0 saturated carbocycles. The minimum Gasteiger partial charge on any atom is -0.462 e. The third-order valence-corrected chi connectivity index (χ3v) is 1.60. The maximum Gasteiger partial charge on any atom is 0.367 e. The van der Waals surface area contributed by atoms with Crippen LogP contribution in [0.15, 0.2) is 0 Å². The fourth-order valence-electron chi connectivity index (χ4n) is 0.594. The lowest BCUT2D eigenvalue weighted by molar-refractivity contribution is -0.193. The molecule has 0 radical (unpaired) electrons. The average molecular weight is 212 g/mol. The van der Waals surface area contributed by atoms with Crippen molar-refractivity contribution >= 4 is 16.1 Å². The van der Waals surface area contributed by atoms with Gasteiger partial charge in [-0.15, -0.1) is 0 Å². The van der Waals surface area contributed by atoms with Crippen LogP contribution < -0.4 is 0 Å². The molecule has 0 bridgehead atoms. The van der Waals surface area contributed by atoms with Crippen LogP contribution in [0.1, 0.15) is 13.8 Å². The molecular weight excluding hydrogens is 200 g/mol. The second-order valence-electron chi connectivity index (χ2n) is 2.49. The summed E-state index contributed by atoms with van der Waals surface area (Å²) < 4.78 is 29.6. The Bertz CT molecular complexity index is 277. The average Bonchev–Trinajstić information content (AvgIpc) is 1.82. The largest absolute Gasteiger partial charge is 0.462 e. The predicted molar refractivity (Wildman–Crippen MR) is 43.2 cm³/mol. The number of rotatable bonds is 4. The van der Waals surface area contributed by atoms with E-state index in [-0.39, 0.29) is 6.61 Å². The zero-order valence-electron chi connectivity index (χ0n) is 7.60. The smallest absolute Gasteiger partial charge is 0.367 e. The van der Waals surface area contributed by atoms with Gasteiger partial charge in [-0.1, -0.05) is 0 Å². The molecule has 7 heteroatoms. The minimum atomic E-state index is -3.90. The molecule has 0 aliphatic heterocycles. The Morgan fingerprint density at radius 2 is 2.00 bits per heavy atom. The van der Waals surface area contributed by atoms with Crippen molar-refractivity contribution in [3.63, 3.8) is 0 Å². The second kappa shape index (κ2) is 4.03. The van der Waals surface area contributed by atoms with Gasteiger partial charge < -0.3 is 9.84 Å². The number of hydrogen-bond acceptors (Lipinski definition) is 6. The third kappa shape index (κ3) is 4.81. The molecule has 0 spiro atoms. The fourth-order valence-corrected chi connectivity index (χ4v) is 1.25. The monoisotopic (exact) mass is 212 g/mol. The van der Waals surface area contributed by atoms with E-state index in [2.05, 4.69) is 8.92 Å². The summed E-state index contributed by atoms with van der Waals surface area (Å²) >= 11 is 0. The predicted octanol–water partition coefficient (Wildman–Crippen LogP) is -0.766. The highest BCUT2D eigenvalue weighted by Crippen LogP contribution is 2.11. The molecule has 1 atom stereocenters. The molecule has 0 fully saturated rings. The van der Waals surface area contributed by atoms with Crippen LogP contribution in [-0.2, 0) is 23.8 Å². The first-order valence-electron chi connectivity index (χ1n) is 3.49. The standard InChI is InChI=1S/C6H12O6S/c1-4-11-5(7)6(2,8)12-13(3,9)10/h8H,4H2,1-3H3. The number of esters is 1. The van der Waals surface area contributed by atoms with Gasteiger partial charge in [-0.3, -0.25) is 0 Å². The van der Waals surface area contributed by atoms with Gasteiger partial charge in [0.1, 0.15) is 0 Å². The van der Waals surface area contributed by atoms with E-state index in [4.69, 9.17) is 0 Å². The summed E-state index contributed by atoms with van der Waals surface area (Å²) in [5.74, 6) is -3.59. The lowest BCUT2D eigenvalue weighted by Gasteiger charge is -2.19. The summed E-state index contributed by atoms with van der Waals surface area (Å²) in [4.78, 5) is 10.9. The highest BCUT2D eigenvalue weighted by molar-refractivity contribution is 7.86. The van der Waals surface area contributed by atoms with Crippen LogP contribution in [-0.4, -0.2) is 38.1 Å². The van der Waals surface area contributed by atoms with E-state index in [1.807, 2.05) is 0 Å². The Morgan fingerprint density at radius 1 is 1.54 bits per heavy atom. The van der Waals surface area contributed by atoms with Crippen molar-refractivity contribution < 1.29 is 27.2 Å². The Hall–Kier alpha value is -0.660. The van der Waals surface area contributed by atoms with Gasteiger partial charge >= 0.3 is 5.97 Å². The number of carbonyl (C=O) groups is 1. The van der Waals surface area contributed by atoms with Crippen molar-refractivity contribution in [3.05, 3.63) is 0 Å². The highest BCUT2D eigenvalue weighted by Gasteiger charge is 2.37. The molecule has 78 valence electrons. The Kier molecular flexibility index (Phi) is 3.83. The van der Waals surface area contributed by atoms with Gasteiger partial charge in [0.05, 0.1) is 12.9 Å². The van der Waals surface area contributed by atoms with Crippen molar-refractivity contribution in [3.8, 4) is 0 Å². The normalized spacial score (nSPS) is 16.3. The lowest BCUT2D eigenvalue weighted by Crippen LogP contribution is -2.41. The van der Waals surface area contributed by atoms with Gasteiger partial charge in [0.2, 0.25) is 0 Å². The SMILES string of the molecule is CCOC(=O)C(C)(O)OS(C)(=O)=O. The number of ether oxygens (including phenoxy) is 1. The maximum absolute atomic E-state index is 10.9. The van der Waals surface area contributed by atoms with Gasteiger partial charge in [0.25, 0.3) is 15.9 Å². The van der Waals surface area contributed by atoms with Crippen molar-refractivity contribution in [2.75, 3.05) is 12.9 Å². The van der Waals surface area contributed by atoms with Crippen molar-refractivity contribution in [2.45, 2.75) is 19.6 Å². The van der Waals surface area contributed by atoms with E-state index in [1.54, 1.807) is 0 Å². The van der Waals surface area contributed by atoms with Gasteiger partial charge in [0, 0.05) is 6.92 Å². The molecule has 0 amide bonds. The Labute approximate surface area is 76.6 Å². The zero-order valence-corrected chi connectivity index (χ0v) is 8.42. The number of aliphatic hydroxyl groups is 1. The molecule has 0 heterocycles. The van der Waals surface area contributed by atoms with Crippen molar-refractivity contribution in [1.82, 2.24) is 0 Å². The van der Waals surface area contributed by atoms with Crippen LogP contribution in [0, 0.1) is 0 Å². The zero-order chi connectivity index (χ0) is 10.7. The van der Waals surface area contributed by atoms with E-state index < -0.39 is 21.9 Å². The maximum atomic E-state index is 10.9. The Balaban J connectivity index is 4.49. The minimum absolute atomic E-state index is 0.0299. The molecule has 6 nitrogen and oxygen atoms in total. The summed E-state index contributed by atoms with van der Waals surface area (Å²) in [6.45, 7) is 2.45. The molecule has 0 saturated heterocycles. The summed E-state index contributed by atoms with van der Waals surface area (Å²) in [5.41, 5.74) is 0. The summed E-state index contributed by atoms with van der Waals surface area (Å²) in [6, 6.07) is 0. The number of carbonyl (C=O) groups excluding carboxylic acids is 1. The third-order valence-electron chi connectivity index (χ3n) is 0.968. The molecule has 0 aliphatic rings. The Morgan fingerprint density at radius 3 is 2.31 bits per heavy atom. The molecule has 1 unspecified atom stereocenters.